The quantitative estimate of drug-likeness (QED) is 0.0334. The van der Waals surface area contributed by atoms with Gasteiger partial charge in [0.15, 0.2) is 23.0 Å². The maximum atomic E-state index is 12.5. The molecular formula is C41H44N4O10. The van der Waals surface area contributed by atoms with E-state index in [4.69, 9.17) is 28.4 Å². The second kappa shape index (κ2) is 21.7. The van der Waals surface area contributed by atoms with Crippen molar-refractivity contribution in [2.75, 3.05) is 28.4 Å². The van der Waals surface area contributed by atoms with E-state index in [0.29, 0.717) is 70.9 Å². The molecule has 0 saturated heterocycles. The van der Waals surface area contributed by atoms with Crippen molar-refractivity contribution in [3.8, 4) is 34.5 Å². The Hall–Kier alpha value is -6.70. The van der Waals surface area contributed by atoms with Crippen molar-refractivity contribution in [1.29, 1.82) is 0 Å². The van der Waals surface area contributed by atoms with Gasteiger partial charge in [-0.3, -0.25) is 9.59 Å². The van der Waals surface area contributed by atoms with Gasteiger partial charge in [0.2, 0.25) is 11.8 Å². The Morgan fingerprint density at radius 1 is 0.491 bits per heavy atom. The van der Waals surface area contributed by atoms with E-state index in [9.17, 15) is 19.2 Å². The molecule has 0 spiro atoms. The maximum Gasteiger partial charge on any atom is 0.343 e. The third-order valence-electron chi connectivity index (χ3n) is 8.05. The Labute approximate surface area is 319 Å². The van der Waals surface area contributed by atoms with Gasteiger partial charge in [0.05, 0.1) is 52.0 Å². The minimum absolute atomic E-state index is 0.215. The number of ether oxygens (including phenoxy) is 6. The van der Waals surface area contributed by atoms with Crippen molar-refractivity contribution in [1.82, 2.24) is 10.9 Å². The molecule has 14 heteroatoms. The molecule has 2 N–H and O–H groups in total. The fourth-order valence-electron chi connectivity index (χ4n) is 5.04. The molecule has 14 nitrogen and oxygen atoms in total. The highest BCUT2D eigenvalue weighted by Crippen LogP contribution is 2.30. The summed E-state index contributed by atoms with van der Waals surface area (Å²) in [7, 11) is 6.01. The predicted octanol–water partition coefficient (Wildman–Crippen LogP) is 6.49. The van der Waals surface area contributed by atoms with E-state index < -0.39 is 11.9 Å². The number of amides is 2. The molecule has 0 saturated carbocycles. The highest BCUT2D eigenvalue weighted by atomic mass is 16.6. The Bertz CT molecular complexity index is 1820. The predicted molar refractivity (Wildman–Crippen MR) is 206 cm³/mol. The summed E-state index contributed by atoms with van der Waals surface area (Å²) in [5.41, 5.74) is 7.03. The first-order valence-electron chi connectivity index (χ1n) is 17.4. The zero-order valence-electron chi connectivity index (χ0n) is 31.2. The monoisotopic (exact) mass is 752 g/mol. The minimum atomic E-state index is -0.544. The molecular weight excluding hydrogens is 708 g/mol. The standard InChI is InChI=1S/C41H44N4O10/c1-50-32-18-14-30(15-19-32)40(48)54-34-22-12-28(24-36(34)52-3)26-42-44-38(46)10-8-6-5-7-9-11-39(47)45-43-27-29-13-23-35(37(25-29)53-4)55-41(49)31-16-20-33(51-2)21-17-31/h12-27H,5-11H2,1-4H3,(H,44,46)(H,45,47)/b42-26-,43-27-. The summed E-state index contributed by atoms with van der Waals surface area (Å²) in [6.07, 6.45) is 7.48. The Morgan fingerprint density at radius 2 is 0.873 bits per heavy atom. The molecule has 0 fully saturated rings. The zero-order chi connectivity index (χ0) is 39.4. The number of rotatable bonds is 20. The van der Waals surface area contributed by atoms with Crippen LogP contribution in [0.1, 0.15) is 76.8 Å². The molecule has 4 aromatic carbocycles. The van der Waals surface area contributed by atoms with Crippen LogP contribution in [0.4, 0.5) is 0 Å². The maximum absolute atomic E-state index is 12.5. The molecule has 0 radical (unpaired) electrons. The number of hydrogen-bond acceptors (Lipinski definition) is 12. The summed E-state index contributed by atoms with van der Waals surface area (Å²) < 4.78 is 31.9. The lowest BCUT2D eigenvalue weighted by Gasteiger charge is -2.10. The normalized spacial score (nSPS) is 10.8. The molecule has 0 aliphatic carbocycles. The average Bonchev–Trinajstić information content (AvgIpc) is 3.21. The number of carbonyl (C=O) groups excluding carboxylic acids is 4. The number of benzene rings is 4. The van der Waals surface area contributed by atoms with Crippen molar-refractivity contribution in [3.05, 3.63) is 107 Å². The van der Waals surface area contributed by atoms with Gasteiger partial charge in [0.25, 0.3) is 0 Å². The third kappa shape index (κ3) is 13.3. The lowest BCUT2D eigenvalue weighted by Crippen LogP contribution is -2.17. The molecule has 4 aromatic rings. The number of nitrogens with zero attached hydrogens (tertiary/aromatic N) is 2. The molecule has 2 amide bonds. The van der Waals surface area contributed by atoms with Gasteiger partial charge in [-0.1, -0.05) is 19.3 Å². The molecule has 0 unspecified atom stereocenters. The van der Waals surface area contributed by atoms with Crippen LogP contribution in [-0.2, 0) is 9.59 Å². The average molecular weight is 753 g/mol. The zero-order valence-corrected chi connectivity index (χ0v) is 31.2. The summed E-state index contributed by atoms with van der Waals surface area (Å²) in [6, 6.07) is 22.9. The third-order valence-corrected chi connectivity index (χ3v) is 8.05. The number of methoxy groups -OCH3 is 4. The molecule has 288 valence electrons. The van der Waals surface area contributed by atoms with Crippen LogP contribution in [0.3, 0.4) is 0 Å². The molecule has 4 rings (SSSR count). The van der Waals surface area contributed by atoms with E-state index in [2.05, 4.69) is 21.1 Å². The van der Waals surface area contributed by atoms with Crippen molar-refractivity contribution in [3.63, 3.8) is 0 Å². The van der Waals surface area contributed by atoms with Gasteiger partial charge in [0.1, 0.15) is 11.5 Å². The molecule has 0 atom stereocenters. The van der Waals surface area contributed by atoms with Crippen molar-refractivity contribution < 1.29 is 47.6 Å². The largest absolute Gasteiger partial charge is 0.497 e. The van der Waals surface area contributed by atoms with E-state index >= 15 is 0 Å². The van der Waals surface area contributed by atoms with Gasteiger partial charge >= 0.3 is 11.9 Å². The molecule has 0 bridgehead atoms. The molecule has 55 heavy (non-hydrogen) atoms. The Morgan fingerprint density at radius 3 is 1.24 bits per heavy atom. The van der Waals surface area contributed by atoms with E-state index in [-0.39, 0.29) is 23.3 Å². The van der Waals surface area contributed by atoms with Gasteiger partial charge in [-0.2, -0.15) is 10.2 Å². The summed E-state index contributed by atoms with van der Waals surface area (Å²) in [6.45, 7) is 0. The van der Waals surface area contributed by atoms with Crippen LogP contribution in [0, 0.1) is 0 Å². The van der Waals surface area contributed by atoms with E-state index in [1.807, 2.05) is 0 Å². The first kappa shape index (κ1) is 41.1. The number of nitrogens with one attached hydrogen (secondary N) is 2. The summed E-state index contributed by atoms with van der Waals surface area (Å²) >= 11 is 0. The van der Waals surface area contributed by atoms with Gasteiger partial charge in [-0.25, -0.2) is 20.4 Å². The molecule has 0 aliphatic heterocycles. The van der Waals surface area contributed by atoms with Crippen LogP contribution >= 0.6 is 0 Å². The molecule has 0 aromatic heterocycles. The summed E-state index contributed by atoms with van der Waals surface area (Å²) in [4.78, 5) is 49.5. The second-order valence-corrected chi connectivity index (χ2v) is 11.9. The lowest BCUT2D eigenvalue weighted by molar-refractivity contribution is -0.121. The smallest absolute Gasteiger partial charge is 0.343 e. The first-order valence-corrected chi connectivity index (χ1v) is 17.4. The van der Waals surface area contributed by atoms with Crippen LogP contribution in [-0.4, -0.2) is 64.6 Å². The van der Waals surface area contributed by atoms with Gasteiger partial charge < -0.3 is 28.4 Å². The molecule has 0 heterocycles. The summed E-state index contributed by atoms with van der Waals surface area (Å²) in [5, 5.41) is 8.04. The van der Waals surface area contributed by atoms with Crippen LogP contribution in [0.5, 0.6) is 34.5 Å². The van der Waals surface area contributed by atoms with E-state index in [1.54, 1.807) is 99.1 Å². The van der Waals surface area contributed by atoms with Gasteiger partial charge in [0, 0.05) is 12.8 Å². The number of unbranched alkanes of at least 4 members (excludes halogenated alkanes) is 4. The number of hydrogen-bond donors (Lipinski definition) is 2. The topological polar surface area (TPSA) is 172 Å². The van der Waals surface area contributed by atoms with Crippen LogP contribution in [0.15, 0.2) is 95.1 Å². The van der Waals surface area contributed by atoms with Gasteiger partial charge in [-0.15, -0.1) is 0 Å². The fourth-order valence-corrected chi connectivity index (χ4v) is 5.04. The van der Waals surface area contributed by atoms with Crippen molar-refractivity contribution in [2.45, 2.75) is 44.9 Å². The number of esters is 2. The van der Waals surface area contributed by atoms with Gasteiger partial charge in [-0.05, 0) is 109 Å². The van der Waals surface area contributed by atoms with Crippen LogP contribution in [0.2, 0.25) is 0 Å². The molecule has 0 aliphatic rings. The Balaban J connectivity index is 1.08. The van der Waals surface area contributed by atoms with Crippen molar-refractivity contribution >= 4 is 36.2 Å². The number of carbonyl (C=O) groups is 4. The van der Waals surface area contributed by atoms with Crippen molar-refractivity contribution in [2.24, 2.45) is 10.2 Å². The SMILES string of the molecule is COc1ccc(C(=O)Oc2ccc(/C=N\NC(=O)CCCCCCCC(=O)N/N=C\c3ccc(OC(=O)c4ccc(OC)cc4)c(OC)c3)cc2OC)cc1. The lowest BCUT2D eigenvalue weighted by atomic mass is 10.1. The highest BCUT2D eigenvalue weighted by Gasteiger charge is 2.15. The Kier molecular flexibility index (Phi) is 16.2. The number of hydrazone groups is 2. The highest BCUT2D eigenvalue weighted by molar-refractivity contribution is 5.92. The fraction of sp³-hybridized carbons (Fsp3) is 0.268. The van der Waals surface area contributed by atoms with Crippen LogP contribution in [0.25, 0.3) is 0 Å². The van der Waals surface area contributed by atoms with Crippen LogP contribution < -0.4 is 39.3 Å². The minimum Gasteiger partial charge on any atom is -0.497 e. The van der Waals surface area contributed by atoms with E-state index in [1.165, 1.54) is 26.6 Å². The second-order valence-electron chi connectivity index (χ2n) is 11.9. The van der Waals surface area contributed by atoms with E-state index in [0.717, 1.165) is 19.3 Å². The summed E-state index contributed by atoms with van der Waals surface area (Å²) in [5.74, 6) is 0.885. The first-order chi connectivity index (χ1) is 26.7.